The molecule has 1 aromatic heterocycles. The summed E-state index contributed by atoms with van der Waals surface area (Å²) in [6.45, 7) is 3.49. The number of nitrogens with zero attached hydrogens (tertiary/aromatic N) is 2. The molecule has 1 heterocycles. The molecule has 0 atom stereocenters. The van der Waals surface area contributed by atoms with Crippen LogP contribution in [0.2, 0.25) is 0 Å². The summed E-state index contributed by atoms with van der Waals surface area (Å²) >= 11 is 0. The van der Waals surface area contributed by atoms with Crippen LogP contribution in [0, 0.1) is 19.7 Å². The first-order chi connectivity index (χ1) is 6.58. The second kappa shape index (κ2) is 2.90. The van der Waals surface area contributed by atoms with Gasteiger partial charge in [0, 0.05) is 12.1 Å². The number of fused-ring (bicyclic) bond motifs is 1. The third-order valence-electron chi connectivity index (χ3n) is 2.04. The van der Waals surface area contributed by atoms with Crippen LogP contribution in [0.3, 0.4) is 0 Å². The van der Waals surface area contributed by atoms with Crippen molar-refractivity contribution in [2.24, 2.45) is 0 Å². The molecule has 0 saturated heterocycles. The molecule has 72 valence electrons. The van der Waals surface area contributed by atoms with Crippen molar-refractivity contribution < 1.29 is 9.50 Å². The molecule has 0 aliphatic heterocycles. The quantitative estimate of drug-likeness (QED) is 0.695. The number of hydrogen-bond donors (Lipinski definition) is 1. The van der Waals surface area contributed by atoms with Crippen LogP contribution in [0.4, 0.5) is 4.39 Å². The molecule has 0 aliphatic rings. The minimum Gasteiger partial charge on any atom is -0.507 e. The number of hydrogen-bond acceptors (Lipinski definition) is 3. The van der Waals surface area contributed by atoms with Crippen LogP contribution in [-0.4, -0.2) is 15.1 Å². The molecule has 2 aromatic rings. The van der Waals surface area contributed by atoms with Crippen molar-refractivity contribution in [1.29, 1.82) is 0 Å². The Hall–Kier alpha value is -1.71. The van der Waals surface area contributed by atoms with Crippen LogP contribution in [0.15, 0.2) is 12.1 Å². The number of aromatic hydroxyl groups is 1. The highest BCUT2D eigenvalue weighted by Crippen LogP contribution is 2.26. The van der Waals surface area contributed by atoms with E-state index >= 15 is 0 Å². The molecule has 0 amide bonds. The van der Waals surface area contributed by atoms with Crippen LogP contribution in [0.25, 0.3) is 10.9 Å². The van der Waals surface area contributed by atoms with Gasteiger partial charge in [-0.15, -0.1) is 0 Å². The van der Waals surface area contributed by atoms with E-state index in [-0.39, 0.29) is 5.75 Å². The third-order valence-corrected chi connectivity index (χ3v) is 2.04. The Morgan fingerprint density at radius 2 is 1.93 bits per heavy atom. The Labute approximate surface area is 80.2 Å². The molecular weight excluding hydrogens is 183 g/mol. The molecule has 2 rings (SSSR count). The number of halogens is 1. The summed E-state index contributed by atoms with van der Waals surface area (Å²) in [4.78, 5) is 8.15. The maximum Gasteiger partial charge on any atom is 0.129 e. The molecule has 4 heteroatoms. The summed E-state index contributed by atoms with van der Waals surface area (Å²) in [7, 11) is 0. The predicted octanol–water partition coefficient (Wildman–Crippen LogP) is 2.09. The number of benzene rings is 1. The van der Waals surface area contributed by atoms with Crippen molar-refractivity contribution >= 4 is 10.9 Å². The fourth-order valence-corrected chi connectivity index (χ4v) is 1.54. The highest BCUT2D eigenvalue weighted by Gasteiger charge is 2.08. The topological polar surface area (TPSA) is 46.0 Å². The van der Waals surface area contributed by atoms with Crippen molar-refractivity contribution in [3.05, 3.63) is 29.5 Å². The molecule has 0 spiro atoms. The molecule has 14 heavy (non-hydrogen) atoms. The van der Waals surface area contributed by atoms with E-state index < -0.39 is 5.82 Å². The van der Waals surface area contributed by atoms with E-state index in [2.05, 4.69) is 9.97 Å². The number of phenols is 1. The Morgan fingerprint density at radius 3 is 2.64 bits per heavy atom. The fraction of sp³-hybridized carbons (Fsp3) is 0.200. The molecule has 0 unspecified atom stereocenters. The van der Waals surface area contributed by atoms with Gasteiger partial charge in [0.15, 0.2) is 0 Å². The molecular formula is C10H9FN2O. The average molecular weight is 192 g/mol. The van der Waals surface area contributed by atoms with Crippen LogP contribution >= 0.6 is 0 Å². The maximum atomic E-state index is 12.9. The van der Waals surface area contributed by atoms with Gasteiger partial charge in [-0.2, -0.15) is 0 Å². The molecule has 0 bridgehead atoms. The van der Waals surface area contributed by atoms with Crippen LogP contribution in [-0.2, 0) is 0 Å². The second-order valence-electron chi connectivity index (χ2n) is 3.18. The summed E-state index contributed by atoms with van der Waals surface area (Å²) in [5, 5.41) is 10.0. The Bertz CT molecular complexity index is 468. The zero-order valence-corrected chi connectivity index (χ0v) is 7.87. The SMILES string of the molecule is Cc1nc(C)c2c(O)cc(F)cc2n1. The Morgan fingerprint density at radius 1 is 1.21 bits per heavy atom. The monoisotopic (exact) mass is 192 g/mol. The van der Waals surface area contributed by atoms with E-state index in [0.717, 1.165) is 6.07 Å². The summed E-state index contributed by atoms with van der Waals surface area (Å²) < 4.78 is 12.9. The van der Waals surface area contributed by atoms with Gasteiger partial charge in [-0.3, -0.25) is 0 Å². The van der Waals surface area contributed by atoms with Gasteiger partial charge in [0.05, 0.1) is 16.6 Å². The Kier molecular flexibility index (Phi) is 1.84. The van der Waals surface area contributed by atoms with Gasteiger partial charge in [-0.25, -0.2) is 14.4 Å². The standard InChI is InChI=1S/C10H9FN2O/c1-5-10-8(13-6(2)12-5)3-7(11)4-9(10)14/h3-4,14H,1-2H3. The lowest BCUT2D eigenvalue weighted by Gasteiger charge is -2.04. The third kappa shape index (κ3) is 1.28. The van der Waals surface area contributed by atoms with Crippen molar-refractivity contribution in [2.45, 2.75) is 13.8 Å². The highest BCUT2D eigenvalue weighted by atomic mass is 19.1. The lowest BCUT2D eigenvalue weighted by molar-refractivity contribution is 0.475. The minimum atomic E-state index is -0.493. The number of aromatic nitrogens is 2. The van der Waals surface area contributed by atoms with Crippen LogP contribution in [0.5, 0.6) is 5.75 Å². The van der Waals surface area contributed by atoms with Crippen molar-refractivity contribution in [3.63, 3.8) is 0 Å². The van der Waals surface area contributed by atoms with E-state index in [0.29, 0.717) is 22.4 Å². The van der Waals surface area contributed by atoms with Crippen molar-refractivity contribution in [1.82, 2.24) is 9.97 Å². The fourth-order valence-electron chi connectivity index (χ4n) is 1.54. The van der Waals surface area contributed by atoms with E-state index in [1.807, 2.05) is 0 Å². The average Bonchev–Trinajstić information content (AvgIpc) is 1.99. The van der Waals surface area contributed by atoms with Gasteiger partial charge in [-0.05, 0) is 13.8 Å². The van der Waals surface area contributed by atoms with E-state index in [1.165, 1.54) is 6.07 Å². The predicted molar refractivity (Wildman–Crippen MR) is 50.6 cm³/mol. The molecule has 1 aromatic carbocycles. The largest absolute Gasteiger partial charge is 0.507 e. The smallest absolute Gasteiger partial charge is 0.129 e. The first-order valence-electron chi connectivity index (χ1n) is 4.21. The van der Waals surface area contributed by atoms with Crippen molar-refractivity contribution in [3.8, 4) is 5.75 Å². The minimum absolute atomic E-state index is 0.113. The van der Waals surface area contributed by atoms with Crippen molar-refractivity contribution in [2.75, 3.05) is 0 Å². The van der Waals surface area contributed by atoms with Crippen LogP contribution < -0.4 is 0 Å². The van der Waals surface area contributed by atoms with E-state index in [4.69, 9.17) is 0 Å². The molecule has 3 nitrogen and oxygen atoms in total. The molecule has 0 saturated carbocycles. The van der Waals surface area contributed by atoms with Gasteiger partial charge in [0.2, 0.25) is 0 Å². The van der Waals surface area contributed by atoms with Gasteiger partial charge < -0.3 is 5.11 Å². The normalized spacial score (nSPS) is 10.8. The number of phenolic OH excluding ortho intramolecular Hbond substituents is 1. The first kappa shape index (κ1) is 8.87. The van der Waals surface area contributed by atoms with E-state index in [9.17, 15) is 9.50 Å². The lowest BCUT2D eigenvalue weighted by Crippen LogP contribution is -1.94. The second-order valence-corrected chi connectivity index (χ2v) is 3.18. The molecule has 0 radical (unpaired) electrons. The van der Waals surface area contributed by atoms with Gasteiger partial charge in [-0.1, -0.05) is 0 Å². The molecule has 0 aliphatic carbocycles. The van der Waals surface area contributed by atoms with Crippen LogP contribution in [0.1, 0.15) is 11.5 Å². The van der Waals surface area contributed by atoms with Gasteiger partial charge >= 0.3 is 0 Å². The van der Waals surface area contributed by atoms with Gasteiger partial charge in [0.1, 0.15) is 17.4 Å². The van der Waals surface area contributed by atoms with E-state index in [1.54, 1.807) is 13.8 Å². The molecule has 0 fully saturated rings. The Balaban J connectivity index is 2.94. The zero-order chi connectivity index (χ0) is 10.3. The molecule has 1 N–H and O–H groups in total. The lowest BCUT2D eigenvalue weighted by atomic mass is 10.1. The first-order valence-corrected chi connectivity index (χ1v) is 4.21. The number of aryl methyl sites for hydroxylation is 2. The summed E-state index contributed by atoms with van der Waals surface area (Å²) in [6.07, 6.45) is 0. The summed E-state index contributed by atoms with van der Waals surface area (Å²) in [5.41, 5.74) is 1.09. The number of rotatable bonds is 0. The summed E-state index contributed by atoms with van der Waals surface area (Å²) in [5.74, 6) is -0.0370. The zero-order valence-electron chi connectivity index (χ0n) is 7.87. The summed E-state index contributed by atoms with van der Waals surface area (Å²) in [6, 6.07) is 2.35. The highest BCUT2D eigenvalue weighted by molar-refractivity contribution is 5.86. The van der Waals surface area contributed by atoms with Gasteiger partial charge in [0.25, 0.3) is 0 Å². The maximum absolute atomic E-state index is 12.9.